The third-order valence-corrected chi connectivity index (χ3v) is 5.21. The highest BCUT2D eigenvalue weighted by Crippen LogP contribution is 2.24. The first-order chi connectivity index (χ1) is 11.0. The molecule has 0 bridgehead atoms. The Balaban J connectivity index is 1.73. The molecule has 2 atom stereocenters. The molecule has 0 aliphatic carbocycles. The van der Waals surface area contributed by atoms with Gasteiger partial charge in [-0.15, -0.1) is 21.5 Å². The molecule has 0 saturated carbocycles. The summed E-state index contributed by atoms with van der Waals surface area (Å²) in [6, 6.07) is 9.55. The third-order valence-electron chi connectivity index (χ3n) is 3.77. The minimum absolute atomic E-state index is 0.0583. The van der Waals surface area contributed by atoms with Crippen LogP contribution in [0.2, 0.25) is 10.0 Å². The summed E-state index contributed by atoms with van der Waals surface area (Å²) < 4.78 is 5.81. The molecule has 0 amide bonds. The van der Waals surface area contributed by atoms with E-state index in [4.69, 9.17) is 27.6 Å². The van der Waals surface area contributed by atoms with E-state index in [2.05, 4.69) is 24.2 Å². The highest BCUT2D eigenvalue weighted by molar-refractivity contribution is 7.13. The second-order valence-electron chi connectivity index (χ2n) is 5.40. The summed E-state index contributed by atoms with van der Waals surface area (Å²) in [6.07, 6.45) is 0. The Bertz CT molecular complexity index is 788. The van der Waals surface area contributed by atoms with E-state index >= 15 is 0 Å². The molecule has 120 valence electrons. The van der Waals surface area contributed by atoms with E-state index in [1.807, 2.05) is 29.6 Å². The van der Waals surface area contributed by atoms with Crippen LogP contribution >= 0.6 is 34.5 Å². The Morgan fingerprint density at radius 3 is 2.78 bits per heavy atom. The van der Waals surface area contributed by atoms with Gasteiger partial charge in [-0.25, -0.2) is 0 Å². The van der Waals surface area contributed by atoms with Gasteiger partial charge in [-0.2, -0.15) is 0 Å². The topological polar surface area (TPSA) is 43.4 Å². The van der Waals surface area contributed by atoms with E-state index in [9.17, 15) is 0 Å². The van der Waals surface area contributed by atoms with Crippen molar-refractivity contribution < 1.29 is 9.32 Å². The molecule has 23 heavy (non-hydrogen) atoms. The fourth-order valence-corrected chi connectivity index (χ4v) is 3.36. The lowest BCUT2D eigenvalue weighted by Gasteiger charge is -2.19. The Kier molecular flexibility index (Phi) is 5.02. The predicted molar refractivity (Wildman–Crippen MR) is 93.1 cm³/mol. The maximum atomic E-state index is 6.25. The fraction of sp³-hybridized carbons (Fsp3) is 0.250. The van der Waals surface area contributed by atoms with Crippen LogP contribution in [0, 0.1) is 0 Å². The van der Waals surface area contributed by atoms with Crippen molar-refractivity contribution in [3.05, 3.63) is 57.2 Å². The molecule has 1 aromatic carbocycles. The smallest absolute Gasteiger partial charge is 0.274 e. The number of rotatable bonds is 5. The standard InChI is InChI=1S/C16H15Cl2N3OS/c1-10(15-19-20-16(22-15)14-4-3-7-23-14)21(2)9-11-5-6-12(17)8-13(11)18/h3-8,10H,9H2,1-2H3/p+1/t10-/m1/s1. The number of quaternary nitrogens is 1. The summed E-state index contributed by atoms with van der Waals surface area (Å²) in [4.78, 5) is 2.19. The van der Waals surface area contributed by atoms with E-state index in [0.29, 0.717) is 21.8 Å². The quantitative estimate of drug-likeness (QED) is 0.742. The van der Waals surface area contributed by atoms with Crippen LogP contribution in [0.25, 0.3) is 10.8 Å². The minimum Gasteiger partial charge on any atom is -0.414 e. The van der Waals surface area contributed by atoms with Crippen molar-refractivity contribution in [2.75, 3.05) is 7.05 Å². The van der Waals surface area contributed by atoms with E-state index in [1.165, 1.54) is 4.90 Å². The number of halogens is 2. The van der Waals surface area contributed by atoms with Gasteiger partial charge in [0.15, 0.2) is 6.04 Å². The molecular weight excluding hydrogens is 353 g/mol. The summed E-state index contributed by atoms with van der Waals surface area (Å²) in [7, 11) is 2.07. The average Bonchev–Trinajstić information content (AvgIpc) is 3.19. The van der Waals surface area contributed by atoms with E-state index in [-0.39, 0.29) is 6.04 Å². The zero-order valence-electron chi connectivity index (χ0n) is 12.7. The highest BCUT2D eigenvalue weighted by atomic mass is 35.5. The number of hydrogen-bond acceptors (Lipinski definition) is 4. The molecule has 1 N–H and O–H groups in total. The molecule has 7 heteroatoms. The molecular formula is C16H16Cl2N3OS+. The molecule has 4 nitrogen and oxygen atoms in total. The molecule has 1 unspecified atom stereocenters. The van der Waals surface area contributed by atoms with Crippen LogP contribution in [-0.2, 0) is 6.54 Å². The largest absolute Gasteiger partial charge is 0.414 e. The van der Waals surface area contributed by atoms with Gasteiger partial charge >= 0.3 is 0 Å². The number of aromatic nitrogens is 2. The first kappa shape index (κ1) is 16.5. The fourth-order valence-electron chi connectivity index (χ4n) is 2.24. The highest BCUT2D eigenvalue weighted by Gasteiger charge is 2.23. The zero-order valence-corrected chi connectivity index (χ0v) is 15.0. The third kappa shape index (κ3) is 3.75. The zero-order chi connectivity index (χ0) is 16.4. The van der Waals surface area contributed by atoms with E-state index in [1.54, 1.807) is 17.4 Å². The van der Waals surface area contributed by atoms with Gasteiger partial charge in [0.1, 0.15) is 6.54 Å². The summed E-state index contributed by atoms with van der Waals surface area (Å²) in [5.41, 5.74) is 1.04. The molecule has 3 aromatic rings. The van der Waals surface area contributed by atoms with Gasteiger partial charge in [0.25, 0.3) is 11.8 Å². The van der Waals surface area contributed by atoms with Crippen LogP contribution in [-0.4, -0.2) is 17.2 Å². The van der Waals surface area contributed by atoms with Crippen molar-refractivity contribution in [3.8, 4) is 10.8 Å². The van der Waals surface area contributed by atoms with Crippen molar-refractivity contribution in [1.82, 2.24) is 10.2 Å². The Morgan fingerprint density at radius 2 is 2.09 bits per heavy atom. The normalized spacial score (nSPS) is 13.9. The van der Waals surface area contributed by atoms with Gasteiger partial charge in [-0.3, -0.25) is 0 Å². The molecule has 0 saturated heterocycles. The number of hydrogen-bond donors (Lipinski definition) is 1. The molecule has 0 aliphatic heterocycles. The van der Waals surface area contributed by atoms with Gasteiger partial charge < -0.3 is 9.32 Å². The number of nitrogens with zero attached hydrogens (tertiary/aromatic N) is 2. The Labute approximate surface area is 148 Å². The van der Waals surface area contributed by atoms with Gasteiger partial charge in [0, 0.05) is 10.6 Å². The molecule has 3 rings (SSSR count). The van der Waals surface area contributed by atoms with Gasteiger partial charge in [0.2, 0.25) is 0 Å². The number of nitrogens with one attached hydrogen (secondary N) is 1. The predicted octanol–water partition coefficient (Wildman–Crippen LogP) is 3.88. The maximum absolute atomic E-state index is 6.25. The van der Waals surface area contributed by atoms with Gasteiger partial charge in [0.05, 0.1) is 16.9 Å². The number of benzene rings is 1. The van der Waals surface area contributed by atoms with Crippen LogP contribution in [0.3, 0.4) is 0 Å². The molecule has 2 heterocycles. The summed E-state index contributed by atoms with van der Waals surface area (Å²) in [6.45, 7) is 2.80. The summed E-state index contributed by atoms with van der Waals surface area (Å²) in [5, 5.41) is 11.6. The first-order valence-corrected chi connectivity index (χ1v) is 8.81. The molecule has 0 spiro atoms. The van der Waals surface area contributed by atoms with Crippen molar-refractivity contribution in [2.24, 2.45) is 0 Å². The molecule has 2 aromatic heterocycles. The van der Waals surface area contributed by atoms with Crippen molar-refractivity contribution in [2.45, 2.75) is 19.5 Å². The van der Waals surface area contributed by atoms with Crippen molar-refractivity contribution in [1.29, 1.82) is 0 Å². The van der Waals surface area contributed by atoms with Crippen LogP contribution in [0.15, 0.2) is 40.1 Å². The average molecular weight is 369 g/mol. The minimum atomic E-state index is 0.0583. The van der Waals surface area contributed by atoms with Crippen LogP contribution < -0.4 is 4.90 Å². The van der Waals surface area contributed by atoms with Crippen LogP contribution in [0.1, 0.15) is 24.4 Å². The monoisotopic (exact) mass is 368 g/mol. The lowest BCUT2D eigenvalue weighted by atomic mass is 10.2. The van der Waals surface area contributed by atoms with Crippen molar-refractivity contribution in [3.63, 3.8) is 0 Å². The molecule has 0 aliphatic rings. The number of thiophene rings is 1. The second-order valence-corrected chi connectivity index (χ2v) is 7.19. The van der Waals surface area contributed by atoms with Gasteiger partial charge in [-0.05, 0) is 30.5 Å². The van der Waals surface area contributed by atoms with E-state index in [0.717, 1.165) is 17.0 Å². The molecule has 0 radical (unpaired) electrons. The Morgan fingerprint density at radius 1 is 1.26 bits per heavy atom. The maximum Gasteiger partial charge on any atom is 0.274 e. The van der Waals surface area contributed by atoms with E-state index < -0.39 is 0 Å². The summed E-state index contributed by atoms with van der Waals surface area (Å²) >= 11 is 13.8. The first-order valence-electron chi connectivity index (χ1n) is 7.18. The van der Waals surface area contributed by atoms with Crippen molar-refractivity contribution >= 4 is 34.5 Å². The Hall–Kier alpha value is -1.40. The SMILES string of the molecule is C[C@H](c1nnc(-c2cccs2)o1)[NH+](C)Cc1ccc(Cl)cc1Cl. The summed E-state index contributed by atoms with van der Waals surface area (Å²) in [5.74, 6) is 1.19. The lowest BCUT2D eigenvalue weighted by molar-refractivity contribution is -0.925. The molecule has 0 fully saturated rings. The van der Waals surface area contributed by atoms with Crippen LogP contribution in [0.4, 0.5) is 0 Å². The van der Waals surface area contributed by atoms with Gasteiger partial charge in [-0.1, -0.05) is 35.3 Å². The second kappa shape index (κ2) is 7.01. The van der Waals surface area contributed by atoms with Crippen LogP contribution in [0.5, 0.6) is 0 Å². The lowest BCUT2D eigenvalue weighted by Crippen LogP contribution is -3.07.